The minimum Gasteiger partial charge on any atom is -0.395 e. The Morgan fingerprint density at radius 3 is 2.44 bits per heavy atom. The summed E-state index contributed by atoms with van der Waals surface area (Å²) in [5.41, 5.74) is 0.475. The topological polar surface area (TPSA) is 52.6 Å². The molecule has 0 heterocycles. The number of carbonyl (C=O) groups excluding carboxylic acids is 1. The van der Waals surface area contributed by atoms with E-state index in [-0.39, 0.29) is 12.6 Å². The third-order valence-corrected chi connectivity index (χ3v) is 3.02. The molecular formula is C13H19ClN2O2. The fourth-order valence-electron chi connectivity index (χ4n) is 1.55. The van der Waals surface area contributed by atoms with Crippen LogP contribution in [0.1, 0.15) is 19.4 Å². The molecular weight excluding hydrogens is 252 g/mol. The van der Waals surface area contributed by atoms with Crippen LogP contribution < -0.4 is 5.32 Å². The van der Waals surface area contributed by atoms with Crippen LogP contribution in [0.15, 0.2) is 24.3 Å². The second kappa shape index (κ2) is 6.07. The molecule has 1 aromatic rings. The van der Waals surface area contributed by atoms with Gasteiger partial charge in [-0.2, -0.15) is 0 Å². The number of carbonyl (C=O) groups is 1. The minimum absolute atomic E-state index is 0.0503. The molecule has 2 N–H and O–H groups in total. The molecule has 0 aromatic heterocycles. The fraction of sp³-hybridized carbons (Fsp3) is 0.462. The molecule has 0 aliphatic carbocycles. The molecule has 0 bridgehead atoms. The summed E-state index contributed by atoms with van der Waals surface area (Å²) >= 11 is 5.84. The van der Waals surface area contributed by atoms with Crippen LogP contribution in [0.25, 0.3) is 0 Å². The highest BCUT2D eigenvalue weighted by atomic mass is 35.5. The molecule has 0 aliphatic heterocycles. The van der Waals surface area contributed by atoms with E-state index in [1.807, 2.05) is 26.0 Å². The molecule has 0 saturated carbocycles. The van der Waals surface area contributed by atoms with E-state index in [1.54, 1.807) is 19.2 Å². The zero-order valence-electron chi connectivity index (χ0n) is 10.9. The largest absolute Gasteiger partial charge is 0.395 e. The van der Waals surface area contributed by atoms with Crippen molar-refractivity contribution >= 4 is 17.6 Å². The van der Waals surface area contributed by atoms with E-state index < -0.39 is 5.54 Å². The summed E-state index contributed by atoms with van der Waals surface area (Å²) in [5, 5.41) is 12.4. The lowest BCUT2D eigenvalue weighted by Crippen LogP contribution is -2.47. The van der Waals surface area contributed by atoms with E-state index in [2.05, 4.69) is 5.32 Å². The van der Waals surface area contributed by atoms with Crippen LogP contribution in [0.3, 0.4) is 0 Å². The van der Waals surface area contributed by atoms with Crippen LogP contribution in [-0.2, 0) is 5.54 Å². The Balaban J connectivity index is 2.75. The normalized spacial score (nSPS) is 11.2. The number of likely N-dealkylation sites (N-methyl/N-ethyl adjacent to an activating group) is 1. The monoisotopic (exact) mass is 270 g/mol. The van der Waals surface area contributed by atoms with Gasteiger partial charge in [0.2, 0.25) is 0 Å². The average Bonchev–Trinajstić information content (AvgIpc) is 2.29. The number of rotatable bonds is 4. The summed E-state index contributed by atoms with van der Waals surface area (Å²) < 4.78 is 0. The van der Waals surface area contributed by atoms with E-state index >= 15 is 0 Å². The third-order valence-electron chi connectivity index (χ3n) is 2.77. The van der Waals surface area contributed by atoms with Crippen molar-refractivity contribution in [1.82, 2.24) is 10.2 Å². The maximum Gasteiger partial charge on any atom is 0.317 e. The van der Waals surface area contributed by atoms with Gasteiger partial charge in [0.15, 0.2) is 0 Å². The number of halogens is 1. The highest BCUT2D eigenvalue weighted by Gasteiger charge is 2.24. The van der Waals surface area contributed by atoms with E-state index in [4.69, 9.17) is 16.7 Å². The predicted molar refractivity (Wildman–Crippen MR) is 72.7 cm³/mol. The number of urea groups is 1. The fourth-order valence-corrected chi connectivity index (χ4v) is 1.68. The number of aliphatic hydroxyl groups excluding tert-OH is 1. The first-order chi connectivity index (χ1) is 8.36. The van der Waals surface area contributed by atoms with Gasteiger partial charge in [-0.05, 0) is 31.5 Å². The van der Waals surface area contributed by atoms with E-state index in [1.165, 1.54) is 4.90 Å². The van der Waals surface area contributed by atoms with Crippen LogP contribution in [-0.4, -0.2) is 36.2 Å². The first-order valence-electron chi connectivity index (χ1n) is 5.77. The lowest BCUT2D eigenvalue weighted by molar-refractivity contribution is 0.181. The first kappa shape index (κ1) is 14.8. The maximum atomic E-state index is 11.9. The number of nitrogens with one attached hydrogen (secondary N) is 1. The zero-order valence-corrected chi connectivity index (χ0v) is 11.7. The van der Waals surface area contributed by atoms with E-state index in [9.17, 15) is 4.79 Å². The van der Waals surface area contributed by atoms with Crippen molar-refractivity contribution in [3.8, 4) is 0 Å². The molecule has 18 heavy (non-hydrogen) atoms. The Morgan fingerprint density at radius 2 is 1.94 bits per heavy atom. The van der Waals surface area contributed by atoms with Gasteiger partial charge in [0, 0.05) is 18.6 Å². The Labute approximate surface area is 113 Å². The summed E-state index contributed by atoms with van der Waals surface area (Å²) in [6, 6.07) is 7.14. The number of amides is 2. The first-order valence-corrected chi connectivity index (χ1v) is 6.15. The molecule has 0 saturated heterocycles. The summed E-state index contributed by atoms with van der Waals surface area (Å²) in [7, 11) is 1.64. The Kier molecular flexibility index (Phi) is 4.99. The number of aliphatic hydroxyl groups is 1. The summed E-state index contributed by atoms with van der Waals surface area (Å²) in [4.78, 5) is 13.3. The van der Waals surface area contributed by atoms with E-state index in [0.717, 1.165) is 5.56 Å². The van der Waals surface area contributed by atoms with Gasteiger partial charge in [-0.3, -0.25) is 0 Å². The second-order valence-corrected chi connectivity index (χ2v) is 5.14. The Morgan fingerprint density at radius 1 is 1.39 bits per heavy atom. The SMILES string of the molecule is CN(CCO)C(=O)NC(C)(C)c1ccc(Cl)cc1. The highest BCUT2D eigenvalue weighted by molar-refractivity contribution is 6.30. The van der Waals surface area contributed by atoms with E-state index in [0.29, 0.717) is 11.6 Å². The van der Waals surface area contributed by atoms with Crippen molar-refractivity contribution in [2.75, 3.05) is 20.2 Å². The molecule has 100 valence electrons. The van der Waals surface area contributed by atoms with Crippen LogP contribution in [0.5, 0.6) is 0 Å². The van der Waals surface area contributed by atoms with Crippen LogP contribution in [0, 0.1) is 0 Å². The number of nitrogens with zero attached hydrogens (tertiary/aromatic N) is 1. The zero-order chi connectivity index (χ0) is 13.8. The molecule has 2 amide bonds. The summed E-state index contributed by atoms with van der Waals surface area (Å²) in [6.45, 7) is 4.09. The van der Waals surface area contributed by atoms with Gasteiger partial charge in [0.25, 0.3) is 0 Å². The highest BCUT2D eigenvalue weighted by Crippen LogP contribution is 2.22. The standard InChI is InChI=1S/C13H19ClN2O2/c1-13(2,10-4-6-11(14)7-5-10)15-12(18)16(3)8-9-17/h4-7,17H,8-9H2,1-3H3,(H,15,18). The lowest BCUT2D eigenvalue weighted by atomic mass is 9.94. The molecule has 0 spiro atoms. The van der Waals surface area contributed by atoms with Gasteiger partial charge in [-0.1, -0.05) is 23.7 Å². The van der Waals surface area contributed by atoms with Crippen molar-refractivity contribution < 1.29 is 9.90 Å². The third kappa shape index (κ3) is 3.89. The van der Waals surface area contributed by atoms with Crippen LogP contribution >= 0.6 is 11.6 Å². The molecule has 0 fully saturated rings. The van der Waals surface area contributed by atoms with Crippen molar-refractivity contribution in [2.45, 2.75) is 19.4 Å². The van der Waals surface area contributed by atoms with Crippen LogP contribution in [0.2, 0.25) is 5.02 Å². The molecule has 1 aromatic carbocycles. The van der Waals surface area contributed by atoms with Gasteiger partial charge in [0.05, 0.1) is 12.1 Å². The van der Waals surface area contributed by atoms with Gasteiger partial charge < -0.3 is 15.3 Å². The summed E-state index contributed by atoms with van der Waals surface area (Å²) in [6.07, 6.45) is 0. The van der Waals surface area contributed by atoms with Crippen molar-refractivity contribution in [3.63, 3.8) is 0 Å². The molecule has 0 atom stereocenters. The number of hydrogen-bond acceptors (Lipinski definition) is 2. The molecule has 5 heteroatoms. The Hall–Kier alpha value is -1.26. The smallest absolute Gasteiger partial charge is 0.317 e. The van der Waals surface area contributed by atoms with Gasteiger partial charge >= 0.3 is 6.03 Å². The van der Waals surface area contributed by atoms with Crippen molar-refractivity contribution in [1.29, 1.82) is 0 Å². The predicted octanol–water partition coefficient (Wildman–Crippen LogP) is 2.21. The van der Waals surface area contributed by atoms with Gasteiger partial charge in [-0.25, -0.2) is 4.79 Å². The average molecular weight is 271 g/mol. The van der Waals surface area contributed by atoms with Gasteiger partial charge in [0.1, 0.15) is 0 Å². The molecule has 0 aliphatic rings. The van der Waals surface area contributed by atoms with Crippen LogP contribution in [0.4, 0.5) is 4.79 Å². The second-order valence-electron chi connectivity index (χ2n) is 4.71. The maximum absolute atomic E-state index is 11.9. The summed E-state index contributed by atoms with van der Waals surface area (Å²) in [5.74, 6) is 0. The molecule has 4 nitrogen and oxygen atoms in total. The lowest BCUT2D eigenvalue weighted by Gasteiger charge is -2.29. The molecule has 0 radical (unpaired) electrons. The number of benzene rings is 1. The van der Waals surface area contributed by atoms with Crippen molar-refractivity contribution in [3.05, 3.63) is 34.9 Å². The Bertz CT molecular complexity index is 404. The molecule has 0 unspecified atom stereocenters. The molecule has 1 rings (SSSR count). The number of hydrogen-bond donors (Lipinski definition) is 2. The minimum atomic E-state index is -0.495. The van der Waals surface area contributed by atoms with Gasteiger partial charge in [-0.15, -0.1) is 0 Å². The quantitative estimate of drug-likeness (QED) is 0.881. The van der Waals surface area contributed by atoms with Crippen molar-refractivity contribution in [2.24, 2.45) is 0 Å².